The number of rotatable bonds is 6. The van der Waals surface area contributed by atoms with Gasteiger partial charge in [0.15, 0.2) is 5.82 Å². The van der Waals surface area contributed by atoms with Gasteiger partial charge in [-0.25, -0.2) is 4.68 Å². The zero-order valence-corrected chi connectivity index (χ0v) is 22.6. The van der Waals surface area contributed by atoms with Crippen LogP contribution in [-0.2, 0) is 0 Å². The van der Waals surface area contributed by atoms with E-state index in [1.165, 1.54) is 15.9 Å². The van der Waals surface area contributed by atoms with Gasteiger partial charge in [0.05, 0.1) is 21.8 Å². The Kier molecular flexibility index (Phi) is 6.29. The lowest BCUT2D eigenvalue weighted by Crippen LogP contribution is -2.23. The lowest BCUT2D eigenvalue weighted by molar-refractivity contribution is 0.412. The number of aromatic nitrogens is 5. The van der Waals surface area contributed by atoms with Gasteiger partial charge in [0, 0.05) is 22.2 Å². The second-order valence-corrected chi connectivity index (χ2v) is 10.8. The fraction of sp³-hybridized carbons (Fsp3) is 0.0370. The average molecular weight is 589 g/mol. The van der Waals surface area contributed by atoms with Crippen molar-refractivity contribution in [2.75, 3.05) is 7.11 Å². The Hall–Kier alpha value is -3.86. The van der Waals surface area contributed by atoms with Crippen LogP contribution in [0, 0.1) is 0 Å². The first-order chi connectivity index (χ1) is 18.1. The van der Waals surface area contributed by atoms with Crippen molar-refractivity contribution >= 4 is 61.8 Å². The molecule has 10 heteroatoms. The van der Waals surface area contributed by atoms with Gasteiger partial charge in [-0.15, -0.1) is 16.4 Å². The first-order valence-corrected chi connectivity index (χ1v) is 13.7. The van der Waals surface area contributed by atoms with Gasteiger partial charge in [0.2, 0.25) is 4.96 Å². The van der Waals surface area contributed by atoms with Gasteiger partial charge in [-0.1, -0.05) is 35.6 Å². The number of hydrogen-bond acceptors (Lipinski definition) is 7. The Morgan fingerprint density at radius 1 is 1.03 bits per heavy atom. The van der Waals surface area contributed by atoms with Gasteiger partial charge in [-0.3, -0.25) is 4.79 Å². The molecule has 0 radical (unpaired) electrons. The van der Waals surface area contributed by atoms with E-state index in [1.54, 1.807) is 18.4 Å². The highest BCUT2D eigenvalue weighted by atomic mass is 79.9. The van der Waals surface area contributed by atoms with Crippen LogP contribution in [0.3, 0.4) is 0 Å². The Bertz CT molecular complexity index is 1850. The summed E-state index contributed by atoms with van der Waals surface area (Å²) in [4.78, 5) is 19.4. The lowest BCUT2D eigenvalue weighted by atomic mass is 10.1. The molecule has 4 heterocycles. The van der Waals surface area contributed by atoms with Crippen LogP contribution in [0.2, 0.25) is 0 Å². The second kappa shape index (κ2) is 9.89. The van der Waals surface area contributed by atoms with Crippen LogP contribution < -0.4 is 14.8 Å². The maximum atomic E-state index is 13.2. The van der Waals surface area contributed by atoms with E-state index in [2.05, 4.69) is 26.0 Å². The molecule has 2 aromatic carbocycles. The molecule has 0 aliphatic rings. The van der Waals surface area contributed by atoms with E-state index in [-0.39, 0.29) is 5.56 Å². The molecule has 182 valence electrons. The standard InChI is InChI=1S/C27H18BrN5O2S2/c1-35-22-11-9-17(14-21(22)28)25-18(16-32(31-25)19-6-3-2-4-7-19)15-23-26(34)33-27(37-23)29-24(30-33)12-10-20-8-5-13-36-20/h2-16H,1H3/b12-10+,23-15-. The Morgan fingerprint density at radius 2 is 1.89 bits per heavy atom. The molecule has 37 heavy (non-hydrogen) atoms. The number of fused-ring (bicyclic) bond motifs is 1. The van der Waals surface area contributed by atoms with Gasteiger partial charge >= 0.3 is 0 Å². The van der Waals surface area contributed by atoms with E-state index < -0.39 is 0 Å². The summed E-state index contributed by atoms with van der Waals surface area (Å²) in [7, 11) is 1.63. The molecule has 4 aromatic heterocycles. The molecule has 0 N–H and O–H groups in total. The van der Waals surface area contributed by atoms with Crippen LogP contribution >= 0.6 is 38.6 Å². The maximum absolute atomic E-state index is 13.2. The molecule has 0 amide bonds. The van der Waals surface area contributed by atoms with Crippen LogP contribution in [0.25, 0.3) is 40.1 Å². The average Bonchev–Trinajstić information content (AvgIpc) is 3.70. The van der Waals surface area contributed by atoms with Crippen LogP contribution in [-0.4, -0.2) is 31.5 Å². The molecule has 0 saturated heterocycles. The predicted octanol–water partition coefficient (Wildman–Crippen LogP) is 5.55. The van der Waals surface area contributed by atoms with Crippen molar-refractivity contribution in [1.82, 2.24) is 24.4 Å². The highest BCUT2D eigenvalue weighted by Gasteiger charge is 2.15. The molecule has 0 fully saturated rings. The van der Waals surface area contributed by atoms with E-state index in [0.29, 0.717) is 15.3 Å². The highest BCUT2D eigenvalue weighted by Crippen LogP contribution is 2.32. The minimum atomic E-state index is -0.211. The minimum absolute atomic E-state index is 0.211. The van der Waals surface area contributed by atoms with Gasteiger partial charge in [0.25, 0.3) is 5.56 Å². The number of thiazole rings is 1. The molecular formula is C27H18BrN5O2S2. The molecule has 7 nitrogen and oxygen atoms in total. The zero-order chi connectivity index (χ0) is 25.4. The quantitative estimate of drug-likeness (QED) is 0.255. The third-order valence-corrected chi connectivity index (χ3v) is 8.03. The largest absolute Gasteiger partial charge is 0.496 e. The third-order valence-electron chi connectivity index (χ3n) is 5.61. The van der Waals surface area contributed by atoms with Crippen molar-refractivity contribution in [3.8, 4) is 22.7 Å². The van der Waals surface area contributed by atoms with Crippen molar-refractivity contribution in [2.24, 2.45) is 0 Å². The number of halogens is 1. The van der Waals surface area contributed by atoms with Crippen LogP contribution in [0.5, 0.6) is 5.75 Å². The number of nitrogens with zero attached hydrogens (tertiary/aromatic N) is 5. The van der Waals surface area contributed by atoms with Crippen molar-refractivity contribution in [3.63, 3.8) is 0 Å². The normalized spacial score (nSPS) is 12.2. The minimum Gasteiger partial charge on any atom is -0.496 e. The Labute approximate surface area is 227 Å². The number of para-hydroxylation sites is 1. The van der Waals surface area contributed by atoms with E-state index in [1.807, 2.05) is 95.2 Å². The van der Waals surface area contributed by atoms with Crippen LogP contribution in [0.15, 0.2) is 81.5 Å². The smallest absolute Gasteiger partial charge is 0.291 e. The Morgan fingerprint density at radius 3 is 2.62 bits per heavy atom. The first kappa shape index (κ1) is 23.5. The number of hydrogen-bond donors (Lipinski definition) is 0. The third kappa shape index (κ3) is 4.66. The van der Waals surface area contributed by atoms with Crippen LogP contribution in [0.1, 0.15) is 16.3 Å². The summed E-state index contributed by atoms with van der Waals surface area (Å²) in [6, 6.07) is 19.7. The van der Waals surface area contributed by atoms with Gasteiger partial charge in [-0.2, -0.15) is 14.6 Å². The highest BCUT2D eigenvalue weighted by molar-refractivity contribution is 9.10. The van der Waals surface area contributed by atoms with E-state index in [4.69, 9.17) is 9.84 Å². The number of methoxy groups -OCH3 is 1. The topological polar surface area (TPSA) is 74.3 Å². The molecule has 0 saturated carbocycles. The van der Waals surface area contributed by atoms with Crippen molar-refractivity contribution in [3.05, 3.63) is 108 Å². The summed E-state index contributed by atoms with van der Waals surface area (Å²) in [5, 5.41) is 11.3. The maximum Gasteiger partial charge on any atom is 0.291 e. The van der Waals surface area contributed by atoms with Crippen molar-refractivity contribution in [1.29, 1.82) is 0 Å². The molecule has 6 aromatic rings. The molecule has 6 rings (SSSR count). The summed E-state index contributed by atoms with van der Waals surface area (Å²) in [5.74, 6) is 1.23. The van der Waals surface area contributed by atoms with Crippen molar-refractivity contribution in [2.45, 2.75) is 0 Å². The van der Waals surface area contributed by atoms with Gasteiger partial charge in [0.1, 0.15) is 11.4 Å². The lowest BCUT2D eigenvalue weighted by Gasteiger charge is -2.05. The molecule has 0 spiro atoms. The Balaban J connectivity index is 1.45. The molecular weight excluding hydrogens is 570 g/mol. The zero-order valence-electron chi connectivity index (χ0n) is 19.4. The fourth-order valence-corrected chi connectivity index (χ4v) is 5.91. The number of benzene rings is 2. The number of ether oxygens (including phenoxy) is 1. The monoisotopic (exact) mass is 587 g/mol. The summed E-state index contributed by atoms with van der Waals surface area (Å²) in [5.41, 5.74) is 3.15. The summed E-state index contributed by atoms with van der Waals surface area (Å²) in [6.07, 6.45) is 7.54. The van der Waals surface area contributed by atoms with E-state index >= 15 is 0 Å². The summed E-state index contributed by atoms with van der Waals surface area (Å²) >= 11 is 6.50. The van der Waals surface area contributed by atoms with Gasteiger partial charge in [-0.05, 0) is 75.9 Å². The van der Waals surface area contributed by atoms with Gasteiger partial charge < -0.3 is 4.74 Å². The molecule has 0 atom stereocenters. The molecule has 0 aliphatic carbocycles. The SMILES string of the molecule is COc1ccc(-c2nn(-c3ccccc3)cc2/C=c2\sc3nc(/C=C/c4cccs4)nn3c2=O)cc1Br. The summed E-state index contributed by atoms with van der Waals surface area (Å²) in [6.45, 7) is 0. The summed E-state index contributed by atoms with van der Waals surface area (Å²) < 4.78 is 9.91. The van der Waals surface area contributed by atoms with Crippen LogP contribution in [0.4, 0.5) is 0 Å². The van der Waals surface area contributed by atoms with Crippen molar-refractivity contribution < 1.29 is 4.74 Å². The van der Waals surface area contributed by atoms with E-state index in [0.717, 1.165) is 37.6 Å². The molecule has 0 aliphatic heterocycles. The molecule has 0 bridgehead atoms. The molecule has 0 unspecified atom stereocenters. The van der Waals surface area contributed by atoms with E-state index in [9.17, 15) is 4.79 Å². The second-order valence-electron chi connectivity index (χ2n) is 7.99. The number of thiophene rings is 1. The first-order valence-electron chi connectivity index (χ1n) is 11.2. The fourth-order valence-electron chi connectivity index (χ4n) is 3.85. The predicted molar refractivity (Wildman–Crippen MR) is 152 cm³/mol.